The van der Waals surface area contributed by atoms with Crippen molar-refractivity contribution < 1.29 is 30.5 Å². The standard InChI is InChI=1S/C30H28N2O6S5/c1-20-8-10-27-24(16-20)31(12-4-14-42(33,34)35)29(40-27)18-30-32(13-5-15-43(36,37)38)25-17-21(9-11-28(25)41-30)23-19-39-26-7-3-2-6-22(23)26/h2-3,6-11,16-19H,4-5,12-15H2,1H3,(H-,33,34,35,36,37,38)/p+1. The Hall–Kier alpha value is -2.78. The molecule has 0 radical (unpaired) electrons. The first-order valence-electron chi connectivity index (χ1n) is 13.6. The largest absolute Gasteiger partial charge is 0.335 e. The molecule has 224 valence electrons. The lowest BCUT2D eigenvalue weighted by atomic mass is 10.0. The van der Waals surface area contributed by atoms with E-state index in [4.69, 9.17) is 0 Å². The van der Waals surface area contributed by atoms with E-state index in [1.54, 1.807) is 34.4 Å². The molecule has 6 rings (SSSR count). The number of anilines is 1. The number of aromatic nitrogens is 1. The van der Waals surface area contributed by atoms with Crippen LogP contribution in [0.15, 0.2) is 76.0 Å². The summed E-state index contributed by atoms with van der Waals surface area (Å²) < 4.78 is 69.0. The Morgan fingerprint density at radius 1 is 0.907 bits per heavy atom. The van der Waals surface area contributed by atoms with E-state index < -0.39 is 20.2 Å². The number of thiazole rings is 1. The van der Waals surface area contributed by atoms with Gasteiger partial charge in [-0.15, -0.1) is 11.3 Å². The number of rotatable bonds is 10. The third-order valence-corrected chi connectivity index (χ3v) is 12.0. The first kappa shape index (κ1) is 30.3. The lowest BCUT2D eigenvalue weighted by Crippen LogP contribution is -2.36. The zero-order valence-electron chi connectivity index (χ0n) is 23.1. The van der Waals surface area contributed by atoms with Gasteiger partial charge in [0.05, 0.1) is 28.3 Å². The average Bonchev–Trinajstić information content (AvgIpc) is 3.61. The van der Waals surface area contributed by atoms with Crippen LogP contribution < -0.4 is 9.47 Å². The molecule has 0 fully saturated rings. The van der Waals surface area contributed by atoms with Gasteiger partial charge < -0.3 is 4.90 Å². The van der Waals surface area contributed by atoms with Gasteiger partial charge >= 0.3 is 0 Å². The van der Waals surface area contributed by atoms with Gasteiger partial charge in [-0.05, 0) is 54.1 Å². The molecular formula is C30H29N2O6S5+. The van der Waals surface area contributed by atoms with Crippen LogP contribution in [0.25, 0.3) is 37.5 Å². The summed E-state index contributed by atoms with van der Waals surface area (Å²) in [6, 6.07) is 20.8. The molecule has 0 amide bonds. The molecule has 0 bridgehead atoms. The number of thioether (sulfide) groups is 1. The molecule has 2 aromatic heterocycles. The predicted molar refractivity (Wildman–Crippen MR) is 177 cm³/mol. The molecule has 0 spiro atoms. The van der Waals surface area contributed by atoms with E-state index in [-0.39, 0.29) is 24.3 Å². The molecule has 0 unspecified atom stereocenters. The number of thiophene rings is 1. The van der Waals surface area contributed by atoms with Crippen LogP contribution in [0.3, 0.4) is 0 Å². The average molecular weight is 674 g/mol. The Balaban J connectivity index is 1.43. The molecule has 3 aromatic carbocycles. The van der Waals surface area contributed by atoms with Crippen LogP contribution in [-0.4, -0.2) is 44.0 Å². The van der Waals surface area contributed by atoms with Crippen molar-refractivity contribution in [1.29, 1.82) is 0 Å². The van der Waals surface area contributed by atoms with Crippen LogP contribution >= 0.6 is 34.4 Å². The van der Waals surface area contributed by atoms with Gasteiger partial charge in [0.1, 0.15) is 4.70 Å². The second-order valence-corrected chi connectivity index (χ2v) is 16.6. The van der Waals surface area contributed by atoms with Gasteiger partial charge in [-0.3, -0.25) is 9.11 Å². The Bertz CT molecular complexity index is 2100. The van der Waals surface area contributed by atoms with Crippen LogP contribution in [0.2, 0.25) is 0 Å². The number of nitrogens with zero attached hydrogens (tertiary/aromatic N) is 2. The highest BCUT2D eigenvalue weighted by Crippen LogP contribution is 2.47. The maximum Gasteiger partial charge on any atom is 0.265 e. The normalized spacial score (nSPS) is 14.8. The third kappa shape index (κ3) is 6.83. The van der Waals surface area contributed by atoms with Gasteiger partial charge in [0, 0.05) is 39.6 Å². The molecule has 13 heteroatoms. The second kappa shape index (κ2) is 12.0. The molecule has 3 heterocycles. The van der Waals surface area contributed by atoms with Crippen LogP contribution in [0.1, 0.15) is 23.4 Å². The summed E-state index contributed by atoms with van der Waals surface area (Å²) in [7, 11) is -8.20. The first-order valence-corrected chi connectivity index (χ1v) is 19.3. The number of fused-ring (bicyclic) bond motifs is 3. The molecule has 8 nitrogen and oxygen atoms in total. The summed E-state index contributed by atoms with van der Waals surface area (Å²) in [4.78, 5) is 3.13. The Morgan fingerprint density at radius 2 is 1.67 bits per heavy atom. The van der Waals surface area contributed by atoms with Crippen molar-refractivity contribution >= 4 is 86.7 Å². The molecule has 0 saturated heterocycles. The second-order valence-electron chi connectivity index (χ2n) is 10.4. The topological polar surface area (TPSA) is 116 Å². The molecule has 2 N–H and O–H groups in total. The van der Waals surface area contributed by atoms with Gasteiger partial charge in [0.2, 0.25) is 5.52 Å². The van der Waals surface area contributed by atoms with Crippen molar-refractivity contribution in [3.05, 3.63) is 81.6 Å². The lowest BCUT2D eigenvalue weighted by Gasteiger charge is -2.20. The monoisotopic (exact) mass is 673 g/mol. The van der Waals surface area contributed by atoms with Crippen LogP contribution in [0, 0.1) is 6.92 Å². The maximum atomic E-state index is 11.6. The van der Waals surface area contributed by atoms with Crippen LogP contribution in [0.4, 0.5) is 5.69 Å². The number of aryl methyl sites for hydroxylation is 2. The van der Waals surface area contributed by atoms with Gasteiger partial charge in [-0.2, -0.15) is 21.4 Å². The number of hydrogen-bond acceptors (Lipinski definition) is 8. The number of benzene rings is 3. The fourth-order valence-corrected chi connectivity index (χ4v) is 9.52. The summed E-state index contributed by atoms with van der Waals surface area (Å²) in [5, 5.41) is 5.15. The Kier molecular flexibility index (Phi) is 8.41. The molecule has 0 aliphatic carbocycles. The van der Waals surface area contributed by atoms with Crippen LogP contribution in [0.5, 0.6) is 0 Å². The Morgan fingerprint density at radius 3 is 2.47 bits per heavy atom. The third-order valence-electron chi connectivity index (χ3n) is 7.22. The van der Waals surface area contributed by atoms with Gasteiger partial charge in [0.25, 0.3) is 25.2 Å². The predicted octanol–water partition coefficient (Wildman–Crippen LogP) is 6.85. The fourth-order valence-electron chi connectivity index (χ4n) is 5.27. The van der Waals surface area contributed by atoms with E-state index in [1.165, 1.54) is 10.1 Å². The maximum absolute atomic E-state index is 11.6. The Labute approximate surface area is 262 Å². The zero-order chi connectivity index (χ0) is 30.4. The SMILES string of the molecule is Cc1ccc2c(c1)N(CCCS(=O)(=O)O)C(=Cc1sc3ccc(-c4csc5ccccc45)cc3[n+]1CCCS(=O)(=O)O)S2. The van der Waals surface area contributed by atoms with Crippen molar-refractivity contribution in [2.75, 3.05) is 23.0 Å². The molecule has 1 aliphatic rings. The minimum absolute atomic E-state index is 0.238. The van der Waals surface area contributed by atoms with E-state index in [1.807, 2.05) is 25.1 Å². The molecule has 0 saturated carbocycles. The number of hydrogen-bond donors (Lipinski definition) is 2. The smallest absolute Gasteiger partial charge is 0.265 e. The highest BCUT2D eigenvalue weighted by atomic mass is 32.2. The first-order chi connectivity index (χ1) is 20.4. The minimum atomic E-state index is -4.11. The highest BCUT2D eigenvalue weighted by Gasteiger charge is 2.29. The minimum Gasteiger partial charge on any atom is -0.335 e. The summed E-state index contributed by atoms with van der Waals surface area (Å²) in [5.74, 6) is -0.676. The van der Waals surface area contributed by atoms with Gasteiger partial charge in [-0.25, -0.2) is 0 Å². The van der Waals surface area contributed by atoms with Crippen molar-refractivity contribution in [1.82, 2.24) is 0 Å². The lowest BCUT2D eigenvalue weighted by molar-refractivity contribution is -0.668. The summed E-state index contributed by atoms with van der Waals surface area (Å²) in [6.07, 6.45) is 2.55. The molecular weight excluding hydrogens is 645 g/mol. The summed E-state index contributed by atoms with van der Waals surface area (Å²) >= 11 is 4.88. The van der Waals surface area contributed by atoms with Crippen LogP contribution in [-0.2, 0) is 26.8 Å². The summed E-state index contributed by atoms with van der Waals surface area (Å²) in [6.45, 7) is 2.79. The van der Waals surface area contributed by atoms with E-state index in [0.717, 1.165) is 47.5 Å². The quantitative estimate of drug-likeness (QED) is 0.122. The van der Waals surface area contributed by atoms with Gasteiger partial charge in [-0.1, -0.05) is 53.4 Å². The van der Waals surface area contributed by atoms with E-state index in [9.17, 15) is 25.9 Å². The van der Waals surface area contributed by atoms with Crippen molar-refractivity contribution in [3.63, 3.8) is 0 Å². The highest BCUT2D eigenvalue weighted by molar-refractivity contribution is 8.04. The van der Waals surface area contributed by atoms with E-state index >= 15 is 0 Å². The van der Waals surface area contributed by atoms with E-state index in [2.05, 4.69) is 63.4 Å². The molecule has 0 atom stereocenters. The van der Waals surface area contributed by atoms with Crippen molar-refractivity contribution in [2.45, 2.75) is 31.2 Å². The summed E-state index contributed by atoms with van der Waals surface area (Å²) in [5.41, 5.74) is 5.23. The zero-order valence-corrected chi connectivity index (χ0v) is 27.2. The van der Waals surface area contributed by atoms with E-state index in [0.29, 0.717) is 13.1 Å². The fraction of sp³-hybridized carbons (Fsp3) is 0.233. The molecule has 1 aliphatic heterocycles. The molecule has 5 aromatic rings. The van der Waals surface area contributed by atoms with Crippen molar-refractivity contribution in [2.24, 2.45) is 0 Å². The van der Waals surface area contributed by atoms with Gasteiger partial charge in [0.15, 0.2) is 6.54 Å². The molecule has 43 heavy (non-hydrogen) atoms. The van der Waals surface area contributed by atoms with Crippen molar-refractivity contribution in [3.8, 4) is 11.1 Å².